The number of hydrazine groups is 1. The molecule has 2 amide bonds. The van der Waals surface area contributed by atoms with Gasteiger partial charge in [0, 0.05) is 23.7 Å². The van der Waals surface area contributed by atoms with Gasteiger partial charge in [-0.3, -0.25) is 20.4 Å². The summed E-state index contributed by atoms with van der Waals surface area (Å²) in [5.74, 6) is -0.808. The van der Waals surface area contributed by atoms with Crippen molar-refractivity contribution in [2.45, 2.75) is 6.92 Å². The minimum absolute atomic E-state index is 0.392. The Morgan fingerprint density at radius 2 is 1.80 bits per heavy atom. The first-order chi connectivity index (χ1) is 12.0. The molecule has 1 fully saturated rings. The molecule has 0 bridgehead atoms. The number of ether oxygens (including phenoxy) is 1. The molecule has 2 aromatic rings. The number of nitrogens with zero attached hydrogens (tertiary/aromatic N) is 2. The van der Waals surface area contributed by atoms with Gasteiger partial charge in [-0.05, 0) is 31.2 Å². The largest absolute Gasteiger partial charge is 0.378 e. The average molecular weight is 381 g/mol. The summed E-state index contributed by atoms with van der Waals surface area (Å²) >= 11 is 7.09. The number of benzene rings is 1. The Hall–Kier alpha value is -2.16. The maximum Gasteiger partial charge on any atom is 0.281 e. The van der Waals surface area contributed by atoms with Gasteiger partial charge >= 0.3 is 0 Å². The fraction of sp³-hybridized carbons (Fsp3) is 0.312. The number of aryl methyl sites for hydroxylation is 1. The zero-order chi connectivity index (χ0) is 17.8. The Balaban J connectivity index is 1.62. The van der Waals surface area contributed by atoms with Crippen LogP contribution >= 0.6 is 22.9 Å². The molecule has 0 unspecified atom stereocenters. The predicted octanol–water partition coefficient (Wildman–Crippen LogP) is 2.02. The molecule has 9 heteroatoms. The quantitative estimate of drug-likeness (QED) is 0.796. The van der Waals surface area contributed by atoms with Gasteiger partial charge in [-0.15, -0.1) is 0 Å². The molecule has 0 radical (unpaired) electrons. The van der Waals surface area contributed by atoms with Crippen LogP contribution in [0.4, 0.5) is 5.13 Å². The Morgan fingerprint density at radius 3 is 2.48 bits per heavy atom. The zero-order valence-electron chi connectivity index (χ0n) is 13.5. The van der Waals surface area contributed by atoms with E-state index in [0.717, 1.165) is 18.2 Å². The van der Waals surface area contributed by atoms with Crippen LogP contribution in [-0.2, 0) is 4.74 Å². The molecule has 1 aliphatic rings. The van der Waals surface area contributed by atoms with E-state index >= 15 is 0 Å². The van der Waals surface area contributed by atoms with Crippen LogP contribution in [0.1, 0.15) is 25.7 Å². The second-order valence-corrected chi connectivity index (χ2v) is 6.84. The van der Waals surface area contributed by atoms with Gasteiger partial charge in [0.1, 0.15) is 4.88 Å². The summed E-state index contributed by atoms with van der Waals surface area (Å²) in [4.78, 5) is 31.4. The van der Waals surface area contributed by atoms with E-state index in [1.807, 2.05) is 0 Å². The Bertz CT molecular complexity index is 772. The summed E-state index contributed by atoms with van der Waals surface area (Å²) in [5, 5.41) is 1.33. The molecule has 1 aromatic carbocycles. The minimum atomic E-state index is -0.416. The van der Waals surface area contributed by atoms with Crippen molar-refractivity contribution in [2.75, 3.05) is 31.2 Å². The van der Waals surface area contributed by atoms with Crippen molar-refractivity contribution < 1.29 is 14.3 Å². The normalized spacial score (nSPS) is 14.2. The first kappa shape index (κ1) is 17.7. The molecule has 1 aromatic heterocycles. The van der Waals surface area contributed by atoms with E-state index < -0.39 is 11.8 Å². The topological polar surface area (TPSA) is 83.6 Å². The maximum atomic E-state index is 12.3. The molecule has 0 atom stereocenters. The van der Waals surface area contributed by atoms with Gasteiger partial charge in [0.2, 0.25) is 0 Å². The molecule has 0 aliphatic carbocycles. The van der Waals surface area contributed by atoms with E-state index in [2.05, 4.69) is 20.7 Å². The molecule has 2 heterocycles. The van der Waals surface area contributed by atoms with Crippen molar-refractivity contribution in [3.05, 3.63) is 45.4 Å². The van der Waals surface area contributed by atoms with E-state index in [4.69, 9.17) is 16.3 Å². The number of hydrogen-bond acceptors (Lipinski definition) is 6. The lowest BCUT2D eigenvalue weighted by Crippen LogP contribution is -2.41. The molecule has 1 aliphatic heterocycles. The summed E-state index contributed by atoms with van der Waals surface area (Å²) in [5.41, 5.74) is 5.85. The summed E-state index contributed by atoms with van der Waals surface area (Å²) < 4.78 is 5.32. The minimum Gasteiger partial charge on any atom is -0.378 e. The molecule has 1 saturated heterocycles. The highest BCUT2D eigenvalue weighted by Gasteiger charge is 2.20. The van der Waals surface area contributed by atoms with Crippen molar-refractivity contribution in [1.29, 1.82) is 0 Å². The van der Waals surface area contributed by atoms with Gasteiger partial charge in [0.05, 0.1) is 18.9 Å². The fourth-order valence-corrected chi connectivity index (χ4v) is 3.47. The van der Waals surface area contributed by atoms with Gasteiger partial charge in [-0.2, -0.15) is 0 Å². The van der Waals surface area contributed by atoms with Crippen LogP contribution in [0, 0.1) is 6.92 Å². The average Bonchev–Trinajstić information content (AvgIpc) is 3.02. The number of nitrogens with one attached hydrogen (secondary N) is 2. The zero-order valence-corrected chi connectivity index (χ0v) is 15.1. The number of rotatable bonds is 3. The summed E-state index contributed by atoms with van der Waals surface area (Å²) in [6, 6.07) is 6.39. The number of anilines is 1. The molecule has 132 valence electrons. The standard InChI is InChI=1S/C16H17ClN4O3S/c1-10-13(25-16(18-10)21-6-8-24-9-7-21)15(23)20-19-14(22)11-2-4-12(17)5-3-11/h2-5H,6-9H2,1H3,(H,19,22)(H,20,23). The van der Waals surface area contributed by atoms with E-state index in [0.29, 0.717) is 34.4 Å². The Morgan fingerprint density at radius 1 is 1.16 bits per heavy atom. The number of carbonyl (C=O) groups excluding carboxylic acids is 2. The molecule has 3 rings (SSSR count). The second-order valence-electron chi connectivity index (χ2n) is 5.43. The van der Waals surface area contributed by atoms with Gasteiger partial charge in [0.15, 0.2) is 5.13 Å². The number of halogens is 1. The summed E-state index contributed by atoms with van der Waals surface area (Å²) in [7, 11) is 0. The third kappa shape index (κ3) is 4.28. The smallest absolute Gasteiger partial charge is 0.281 e. The molecular formula is C16H17ClN4O3S. The fourth-order valence-electron chi connectivity index (χ4n) is 2.33. The SMILES string of the molecule is Cc1nc(N2CCOCC2)sc1C(=O)NNC(=O)c1ccc(Cl)cc1. The third-order valence-electron chi connectivity index (χ3n) is 3.67. The molecule has 0 saturated carbocycles. The van der Waals surface area contributed by atoms with Gasteiger partial charge in [0.25, 0.3) is 11.8 Å². The highest BCUT2D eigenvalue weighted by molar-refractivity contribution is 7.17. The summed E-state index contributed by atoms with van der Waals surface area (Å²) in [6.45, 7) is 4.58. The van der Waals surface area contributed by atoms with E-state index in [1.165, 1.54) is 11.3 Å². The van der Waals surface area contributed by atoms with Gasteiger partial charge < -0.3 is 9.64 Å². The van der Waals surface area contributed by atoms with Crippen LogP contribution in [0.3, 0.4) is 0 Å². The summed E-state index contributed by atoms with van der Waals surface area (Å²) in [6.07, 6.45) is 0. The van der Waals surface area contributed by atoms with Crippen LogP contribution in [-0.4, -0.2) is 43.1 Å². The van der Waals surface area contributed by atoms with E-state index in [-0.39, 0.29) is 0 Å². The lowest BCUT2D eigenvalue weighted by molar-refractivity contribution is 0.0848. The lowest BCUT2D eigenvalue weighted by Gasteiger charge is -2.25. The number of carbonyl (C=O) groups is 2. The molecule has 2 N–H and O–H groups in total. The number of thiazole rings is 1. The van der Waals surface area contributed by atoms with Crippen molar-refractivity contribution in [3.63, 3.8) is 0 Å². The van der Waals surface area contributed by atoms with E-state index in [9.17, 15) is 9.59 Å². The number of hydrogen-bond donors (Lipinski definition) is 2. The van der Waals surface area contributed by atoms with Crippen molar-refractivity contribution in [3.8, 4) is 0 Å². The first-order valence-electron chi connectivity index (χ1n) is 7.71. The van der Waals surface area contributed by atoms with Gasteiger partial charge in [-0.25, -0.2) is 4.98 Å². The lowest BCUT2D eigenvalue weighted by atomic mass is 10.2. The van der Waals surface area contributed by atoms with Crippen LogP contribution in [0.2, 0.25) is 5.02 Å². The van der Waals surface area contributed by atoms with Gasteiger partial charge in [-0.1, -0.05) is 22.9 Å². The Labute approximate surface area is 153 Å². The second kappa shape index (κ2) is 7.81. The monoisotopic (exact) mass is 380 g/mol. The van der Waals surface area contributed by atoms with Crippen LogP contribution in [0.25, 0.3) is 0 Å². The number of aromatic nitrogens is 1. The number of amides is 2. The number of morpholine rings is 1. The van der Waals surface area contributed by atoms with Crippen LogP contribution in [0.5, 0.6) is 0 Å². The van der Waals surface area contributed by atoms with Crippen molar-refractivity contribution >= 4 is 39.9 Å². The highest BCUT2D eigenvalue weighted by Crippen LogP contribution is 2.26. The molecule has 25 heavy (non-hydrogen) atoms. The van der Waals surface area contributed by atoms with Crippen LogP contribution in [0.15, 0.2) is 24.3 Å². The third-order valence-corrected chi connectivity index (χ3v) is 5.14. The van der Waals surface area contributed by atoms with E-state index in [1.54, 1.807) is 31.2 Å². The highest BCUT2D eigenvalue weighted by atomic mass is 35.5. The van der Waals surface area contributed by atoms with Crippen LogP contribution < -0.4 is 15.8 Å². The maximum absolute atomic E-state index is 12.3. The van der Waals surface area contributed by atoms with Crippen molar-refractivity contribution in [1.82, 2.24) is 15.8 Å². The predicted molar refractivity (Wildman–Crippen MR) is 96.3 cm³/mol. The molecule has 0 spiro atoms. The molecular weight excluding hydrogens is 364 g/mol. The molecule has 7 nitrogen and oxygen atoms in total. The Kier molecular flexibility index (Phi) is 5.52. The first-order valence-corrected chi connectivity index (χ1v) is 8.90. The van der Waals surface area contributed by atoms with Crippen molar-refractivity contribution in [2.24, 2.45) is 0 Å².